The molecule has 0 aliphatic carbocycles. The van der Waals surface area contributed by atoms with Gasteiger partial charge in [-0.25, -0.2) is 4.57 Å². The van der Waals surface area contributed by atoms with Crippen molar-refractivity contribution in [2.24, 2.45) is 0 Å². The Morgan fingerprint density at radius 1 is 0.654 bits per heavy atom. The van der Waals surface area contributed by atoms with Gasteiger partial charge in [-0.2, -0.15) is 0 Å². The summed E-state index contributed by atoms with van der Waals surface area (Å²) in [6.07, 6.45) is 25.1. The van der Waals surface area contributed by atoms with Crippen LogP contribution in [0.5, 0.6) is 0 Å². The largest absolute Gasteiger partial charge is 1.00 e. The van der Waals surface area contributed by atoms with Crippen LogP contribution in [0.25, 0.3) is 0 Å². The first-order valence-electron chi connectivity index (χ1n) is 10.9. The van der Waals surface area contributed by atoms with E-state index in [1.165, 1.54) is 89.9 Å². The van der Waals surface area contributed by atoms with Crippen molar-refractivity contribution in [3.8, 4) is 0 Å². The van der Waals surface area contributed by atoms with Gasteiger partial charge in [0.05, 0.1) is 5.38 Å². The van der Waals surface area contributed by atoms with E-state index < -0.39 is 0 Å². The molecule has 152 valence electrons. The normalized spacial score (nSPS) is 11.9. The molecule has 0 saturated carbocycles. The maximum absolute atomic E-state index is 6.45. The molecule has 0 radical (unpaired) electrons. The third kappa shape index (κ3) is 15.9. The summed E-state index contributed by atoms with van der Waals surface area (Å²) in [5.41, 5.74) is 0. The van der Waals surface area contributed by atoms with Gasteiger partial charge in [0.25, 0.3) is 0 Å². The summed E-state index contributed by atoms with van der Waals surface area (Å²) in [5, 5.41) is 0.268. The van der Waals surface area contributed by atoms with Crippen molar-refractivity contribution in [2.45, 2.75) is 115 Å². The number of hydrogen-bond acceptors (Lipinski definition) is 0. The topological polar surface area (TPSA) is 3.88 Å². The third-order valence-electron chi connectivity index (χ3n) is 5.06. The Bertz CT molecular complexity index is 383. The number of unbranched alkanes of at least 4 members (excludes halogenated alkanes) is 13. The molecule has 0 N–H and O–H groups in total. The Labute approximate surface area is 174 Å². The molecular formula is C23H41Cl2N. The first-order valence-corrected chi connectivity index (χ1v) is 11.3. The average Bonchev–Trinajstić information content (AvgIpc) is 2.63. The minimum atomic E-state index is 0. The van der Waals surface area contributed by atoms with Gasteiger partial charge in [0.15, 0.2) is 18.9 Å². The van der Waals surface area contributed by atoms with Crippen LogP contribution in [-0.2, 0) is 6.54 Å². The van der Waals surface area contributed by atoms with Crippen LogP contribution in [-0.4, -0.2) is 5.38 Å². The van der Waals surface area contributed by atoms with Crippen molar-refractivity contribution < 1.29 is 17.0 Å². The van der Waals surface area contributed by atoms with Gasteiger partial charge in [-0.05, 0) is 6.42 Å². The molecule has 1 nitrogen and oxygen atoms in total. The fourth-order valence-corrected chi connectivity index (χ4v) is 3.75. The van der Waals surface area contributed by atoms with Gasteiger partial charge in [0.2, 0.25) is 0 Å². The van der Waals surface area contributed by atoms with Crippen LogP contribution >= 0.6 is 11.6 Å². The molecule has 1 aromatic rings. The smallest absolute Gasteiger partial charge is 0.168 e. The van der Waals surface area contributed by atoms with Crippen molar-refractivity contribution in [1.82, 2.24) is 0 Å². The van der Waals surface area contributed by atoms with Gasteiger partial charge in [-0.15, -0.1) is 11.6 Å². The monoisotopic (exact) mass is 401 g/mol. The minimum absolute atomic E-state index is 0. The molecule has 0 aromatic carbocycles. The summed E-state index contributed by atoms with van der Waals surface area (Å²) in [4.78, 5) is 0. The lowest BCUT2D eigenvalue weighted by Crippen LogP contribution is -3.00. The first-order chi connectivity index (χ1) is 12.3. The molecule has 0 fully saturated rings. The molecule has 0 bridgehead atoms. The molecule has 1 rings (SSSR count). The second kappa shape index (κ2) is 19.5. The number of alkyl halides is 1. The Morgan fingerprint density at radius 2 is 1.08 bits per heavy atom. The molecule has 0 spiro atoms. The number of aromatic nitrogens is 1. The Kier molecular flexibility index (Phi) is 19.3. The SMILES string of the molecule is CCCCCCCCCCCCCCCCC(Cl)C[n+]1ccccc1.[Cl-]. The van der Waals surface area contributed by atoms with Crippen LogP contribution in [0.4, 0.5) is 0 Å². The van der Waals surface area contributed by atoms with E-state index in [0.29, 0.717) is 0 Å². The quantitative estimate of drug-likeness (QED) is 0.206. The minimum Gasteiger partial charge on any atom is -1.00 e. The van der Waals surface area contributed by atoms with Crippen LogP contribution in [0.15, 0.2) is 30.6 Å². The number of hydrogen-bond donors (Lipinski definition) is 0. The number of nitrogens with zero attached hydrogens (tertiary/aromatic N) is 1. The van der Waals surface area contributed by atoms with Gasteiger partial charge < -0.3 is 12.4 Å². The molecular weight excluding hydrogens is 361 g/mol. The highest BCUT2D eigenvalue weighted by atomic mass is 35.5. The second-order valence-corrected chi connectivity index (χ2v) is 8.17. The van der Waals surface area contributed by atoms with Crippen molar-refractivity contribution in [1.29, 1.82) is 0 Å². The van der Waals surface area contributed by atoms with Crippen molar-refractivity contribution >= 4 is 11.6 Å². The van der Waals surface area contributed by atoms with Gasteiger partial charge in [-0.1, -0.05) is 103 Å². The fraction of sp³-hybridized carbons (Fsp3) is 0.783. The molecule has 0 amide bonds. The molecule has 3 heteroatoms. The summed E-state index contributed by atoms with van der Waals surface area (Å²) in [6, 6.07) is 6.18. The van der Waals surface area contributed by atoms with E-state index in [0.717, 1.165) is 13.0 Å². The zero-order chi connectivity index (χ0) is 18.0. The zero-order valence-electron chi connectivity index (χ0n) is 17.0. The highest BCUT2D eigenvalue weighted by Crippen LogP contribution is 2.14. The average molecular weight is 402 g/mol. The van der Waals surface area contributed by atoms with Crippen LogP contribution in [0, 0.1) is 0 Å². The van der Waals surface area contributed by atoms with Gasteiger partial charge in [0.1, 0.15) is 0 Å². The van der Waals surface area contributed by atoms with Gasteiger partial charge >= 0.3 is 0 Å². The molecule has 0 saturated heterocycles. The molecule has 0 aliphatic rings. The molecule has 1 aromatic heterocycles. The van der Waals surface area contributed by atoms with Crippen LogP contribution in [0.2, 0.25) is 0 Å². The Hall–Kier alpha value is -0.270. The Morgan fingerprint density at radius 3 is 1.54 bits per heavy atom. The molecule has 1 atom stereocenters. The summed E-state index contributed by atoms with van der Waals surface area (Å²) >= 11 is 6.45. The van der Waals surface area contributed by atoms with E-state index >= 15 is 0 Å². The first kappa shape index (κ1) is 25.7. The van der Waals surface area contributed by atoms with E-state index in [2.05, 4.69) is 36.0 Å². The van der Waals surface area contributed by atoms with Crippen molar-refractivity contribution in [3.63, 3.8) is 0 Å². The highest BCUT2D eigenvalue weighted by molar-refractivity contribution is 6.20. The lowest BCUT2D eigenvalue weighted by atomic mass is 10.0. The molecule has 26 heavy (non-hydrogen) atoms. The lowest BCUT2D eigenvalue weighted by Gasteiger charge is -2.06. The highest BCUT2D eigenvalue weighted by Gasteiger charge is 2.09. The maximum atomic E-state index is 6.45. The number of rotatable bonds is 17. The summed E-state index contributed by atoms with van der Waals surface area (Å²) in [7, 11) is 0. The number of halogens is 2. The van der Waals surface area contributed by atoms with Gasteiger partial charge in [0, 0.05) is 12.1 Å². The van der Waals surface area contributed by atoms with E-state index in [-0.39, 0.29) is 17.8 Å². The molecule has 1 heterocycles. The standard InChI is InChI=1S/C23H41ClN.ClH/c1-2-3-4-5-6-7-8-9-10-11-12-13-14-16-19-23(24)22-25-20-17-15-18-21-25;/h15,17-18,20-21,23H,2-14,16,19,22H2,1H3;1H/q+1;/p-1. The molecule has 0 aliphatic heterocycles. The fourth-order valence-electron chi connectivity index (χ4n) is 3.44. The summed E-state index contributed by atoms with van der Waals surface area (Å²) in [6.45, 7) is 3.22. The summed E-state index contributed by atoms with van der Waals surface area (Å²) < 4.78 is 2.18. The van der Waals surface area contributed by atoms with E-state index in [4.69, 9.17) is 11.6 Å². The van der Waals surface area contributed by atoms with E-state index in [1.54, 1.807) is 0 Å². The molecule has 1 unspecified atom stereocenters. The van der Waals surface area contributed by atoms with Crippen molar-refractivity contribution in [2.75, 3.05) is 0 Å². The predicted octanol–water partition coefficient (Wildman–Crippen LogP) is 4.46. The van der Waals surface area contributed by atoms with Crippen LogP contribution in [0.3, 0.4) is 0 Å². The zero-order valence-corrected chi connectivity index (χ0v) is 18.5. The number of pyridine rings is 1. The van der Waals surface area contributed by atoms with Crippen LogP contribution < -0.4 is 17.0 Å². The van der Waals surface area contributed by atoms with Crippen LogP contribution in [0.1, 0.15) is 103 Å². The van der Waals surface area contributed by atoms with E-state index in [1.807, 2.05) is 6.07 Å². The van der Waals surface area contributed by atoms with Gasteiger partial charge in [-0.3, -0.25) is 0 Å². The third-order valence-corrected chi connectivity index (χ3v) is 5.41. The van der Waals surface area contributed by atoms with Crippen molar-refractivity contribution in [3.05, 3.63) is 30.6 Å². The van der Waals surface area contributed by atoms with E-state index in [9.17, 15) is 0 Å². The predicted molar refractivity (Wildman–Crippen MR) is 111 cm³/mol. The Balaban J connectivity index is 0.00000625. The second-order valence-electron chi connectivity index (χ2n) is 7.55. The lowest BCUT2D eigenvalue weighted by molar-refractivity contribution is -0.696. The summed E-state index contributed by atoms with van der Waals surface area (Å²) in [5.74, 6) is 0. The maximum Gasteiger partial charge on any atom is 0.168 e.